The van der Waals surface area contributed by atoms with Gasteiger partial charge in [0.1, 0.15) is 11.3 Å². The third-order valence-electron chi connectivity index (χ3n) is 6.50. The van der Waals surface area contributed by atoms with E-state index in [2.05, 4.69) is 41.3 Å². The minimum absolute atomic E-state index is 0.129. The van der Waals surface area contributed by atoms with E-state index >= 15 is 0 Å². The van der Waals surface area contributed by atoms with Gasteiger partial charge in [-0.15, -0.1) is 10.2 Å². The van der Waals surface area contributed by atoms with Crippen molar-refractivity contribution in [2.45, 2.75) is 77.7 Å². The van der Waals surface area contributed by atoms with E-state index in [9.17, 15) is 9.59 Å². The number of carbonyl (C=O) groups excluding carboxylic acids is 1. The molecular formula is C21H34N4O3. The van der Waals surface area contributed by atoms with Gasteiger partial charge in [0.25, 0.3) is 5.56 Å². The van der Waals surface area contributed by atoms with Gasteiger partial charge in [-0.1, -0.05) is 20.8 Å². The van der Waals surface area contributed by atoms with E-state index in [4.69, 9.17) is 4.74 Å². The third-order valence-corrected chi connectivity index (χ3v) is 6.50. The van der Waals surface area contributed by atoms with Gasteiger partial charge in [-0.05, 0) is 62.7 Å². The van der Waals surface area contributed by atoms with Crippen LogP contribution < -0.4 is 10.9 Å². The SMILES string of the molecule is COC1(c2nnc(CCCNC(=O)C3CCC(C(C)(C)C)CC3)c(=O)[nH]2)CC1. The van der Waals surface area contributed by atoms with Crippen LogP contribution in [-0.2, 0) is 21.6 Å². The molecule has 28 heavy (non-hydrogen) atoms. The Morgan fingerprint density at radius 3 is 2.43 bits per heavy atom. The Hall–Kier alpha value is -1.76. The Morgan fingerprint density at radius 2 is 1.89 bits per heavy atom. The molecule has 7 nitrogen and oxygen atoms in total. The summed E-state index contributed by atoms with van der Waals surface area (Å²) in [6, 6.07) is 0. The lowest BCUT2D eigenvalue weighted by molar-refractivity contribution is -0.126. The molecule has 0 radical (unpaired) electrons. The summed E-state index contributed by atoms with van der Waals surface area (Å²) in [7, 11) is 1.62. The first-order valence-corrected chi connectivity index (χ1v) is 10.5. The van der Waals surface area contributed by atoms with Gasteiger partial charge in [0.15, 0.2) is 5.82 Å². The molecule has 0 saturated heterocycles. The average Bonchev–Trinajstić information content (AvgIpc) is 3.47. The lowest BCUT2D eigenvalue weighted by Gasteiger charge is -2.36. The van der Waals surface area contributed by atoms with E-state index in [0.29, 0.717) is 42.2 Å². The number of methoxy groups -OCH3 is 1. The number of aromatic amines is 1. The van der Waals surface area contributed by atoms with Crippen LogP contribution in [0.2, 0.25) is 0 Å². The van der Waals surface area contributed by atoms with Crippen LogP contribution in [0, 0.1) is 17.3 Å². The first-order valence-electron chi connectivity index (χ1n) is 10.5. The van der Waals surface area contributed by atoms with Crippen molar-refractivity contribution in [3.05, 3.63) is 21.9 Å². The Morgan fingerprint density at radius 1 is 1.21 bits per heavy atom. The number of amides is 1. The molecular weight excluding hydrogens is 356 g/mol. The number of nitrogens with zero attached hydrogens (tertiary/aromatic N) is 2. The summed E-state index contributed by atoms with van der Waals surface area (Å²) in [5.74, 6) is 1.50. The van der Waals surface area contributed by atoms with E-state index < -0.39 is 5.60 Å². The highest BCUT2D eigenvalue weighted by atomic mass is 16.5. The van der Waals surface area contributed by atoms with Gasteiger partial charge in [-0.3, -0.25) is 9.59 Å². The van der Waals surface area contributed by atoms with Crippen LogP contribution in [0.25, 0.3) is 0 Å². The largest absolute Gasteiger partial charge is 0.370 e. The minimum atomic E-state index is -0.440. The molecule has 0 unspecified atom stereocenters. The van der Waals surface area contributed by atoms with Gasteiger partial charge in [-0.25, -0.2) is 0 Å². The second kappa shape index (κ2) is 8.31. The van der Waals surface area contributed by atoms with Crippen molar-refractivity contribution in [3.63, 3.8) is 0 Å². The standard InChI is InChI=1S/C21H34N4O3/c1-20(2,3)15-9-7-14(8-10-15)17(26)22-13-5-6-16-18(27)23-19(25-24-16)21(28-4)11-12-21/h14-15H,5-13H2,1-4H3,(H,22,26)(H,23,25,27). The maximum absolute atomic E-state index is 12.4. The Balaban J connectivity index is 1.40. The zero-order valence-electron chi connectivity index (χ0n) is 17.6. The Bertz CT molecular complexity index is 741. The maximum Gasteiger partial charge on any atom is 0.272 e. The fourth-order valence-corrected chi connectivity index (χ4v) is 4.21. The zero-order chi connectivity index (χ0) is 20.4. The number of aromatic nitrogens is 3. The lowest BCUT2D eigenvalue weighted by atomic mass is 9.69. The fourth-order valence-electron chi connectivity index (χ4n) is 4.21. The number of aryl methyl sites for hydroxylation is 1. The maximum atomic E-state index is 12.4. The van der Waals surface area contributed by atoms with E-state index in [1.807, 2.05) is 0 Å². The molecule has 2 N–H and O–H groups in total. The molecule has 2 fully saturated rings. The molecule has 1 aromatic rings. The van der Waals surface area contributed by atoms with Crippen molar-refractivity contribution >= 4 is 5.91 Å². The molecule has 156 valence electrons. The second-order valence-electron chi connectivity index (χ2n) is 9.46. The van der Waals surface area contributed by atoms with Crippen LogP contribution in [0.3, 0.4) is 0 Å². The number of carbonyl (C=O) groups is 1. The van der Waals surface area contributed by atoms with Crippen LogP contribution in [-0.4, -0.2) is 34.7 Å². The van der Waals surface area contributed by atoms with E-state index in [1.54, 1.807) is 7.11 Å². The summed E-state index contributed by atoms with van der Waals surface area (Å²) in [6.45, 7) is 7.42. The van der Waals surface area contributed by atoms with Gasteiger partial charge < -0.3 is 15.0 Å². The topological polar surface area (TPSA) is 97.0 Å². The number of rotatable bonds is 7. The van der Waals surface area contributed by atoms with E-state index in [-0.39, 0.29) is 17.4 Å². The van der Waals surface area contributed by atoms with Crippen LogP contribution in [0.5, 0.6) is 0 Å². The van der Waals surface area contributed by atoms with Crippen LogP contribution in [0.15, 0.2) is 4.79 Å². The number of ether oxygens (including phenoxy) is 1. The minimum Gasteiger partial charge on any atom is -0.370 e. The van der Waals surface area contributed by atoms with Gasteiger partial charge in [0, 0.05) is 19.6 Å². The number of hydrogen-bond donors (Lipinski definition) is 2. The number of H-pyrrole nitrogens is 1. The average molecular weight is 391 g/mol. The smallest absolute Gasteiger partial charge is 0.272 e. The molecule has 2 saturated carbocycles. The summed E-state index contributed by atoms with van der Waals surface area (Å²) >= 11 is 0. The lowest BCUT2D eigenvalue weighted by Crippen LogP contribution is -2.36. The predicted molar refractivity (Wildman–Crippen MR) is 107 cm³/mol. The van der Waals surface area contributed by atoms with E-state index in [1.165, 1.54) is 0 Å². The first-order chi connectivity index (χ1) is 13.2. The van der Waals surface area contributed by atoms with Crippen LogP contribution in [0.4, 0.5) is 0 Å². The molecule has 0 atom stereocenters. The molecule has 1 amide bonds. The molecule has 1 aromatic heterocycles. The van der Waals surface area contributed by atoms with Crippen LogP contribution in [0.1, 0.15) is 77.2 Å². The summed E-state index contributed by atoms with van der Waals surface area (Å²) in [5.41, 5.74) is 0.0914. The summed E-state index contributed by atoms with van der Waals surface area (Å²) < 4.78 is 5.42. The first kappa shape index (κ1) is 21.0. The molecule has 0 spiro atoms. The molecule has 0 aromatic carbocycles. The summed E-state index contributed by atoms with van der Waals surface area (Å²) in [6.07, 6.45) is 7.09. The third kappa shape index (κ3) is 4.80. The Kier molecular flexibility index (Phi) is 6.22. The van der Waals surface area contributed by atoms with Crippen molar-refractivity contribution in [3.8, 4) is 0 Å². The summed E-state index contributed by atoms with van der Waals surface area (Å²) in [4.78, 5) is 27.4. The van der Waals surface area contributed by atoms with Gasteiger partial charge in [-0.2, -0.15) is 0 Å². The monoisotopic (exact) mass is 390 g/mol. The molecule has 7 heteroatoms. The number of nitrogens with one attached hydrogen (secondary N) is 2. The predicted octanol–water partition coefficient (Wildman–Crippen LogP) is 2.70. The Labute approximate surface area is 167 Å². The van der Waals surface area contributed by atoms with Gasteiger partial charge in [0.05, 0.1) is 0 Å². The van der Waals surface area contributed by atoms with Crippen molar-refractivity contribution in [1.82, 2.24) is 20.5 Å². The zero-order valence-corrected chi connectivity index (χ0v) is 17.6. The van der Waals surface area contributed by atoms with Crippen LogP contribution >= 0.6 is 0 Å². The molecule has 2 aliphatic rings. The van der Waals surface area contributed by atoms with Gasteiger partial charge in [0.2, 0.25) is 5.91 Å². The van der Waals surface area contributed by atoms with Crippen molar-refractivity contribution in [1.29, 1.82) is 0 Å². The molecule has 0 bridgehead atoms. The molecule has 3 rings (SSSR count). The molecule has 1 heterocycles. The molecule has 2 aliphatic carbocycles. The highest BCUT2D eigenvalue weighted by Gasteiger charge is 2.47. The van der Waals surface area contributed by atoms with Crippen molar-refractivity contribution in [2.24, 2.45) is 17.3 Å². The fraction of sp³-hybridized carbons (Fsp3) is 0.810. The normalized spacial score (nSPS) is 24.0. The van der Waals surface area contributed by atoms with E-state index in [0.717, 1.165) is 38.5 Å². The quantitative estimate of drug-likeness (QED) is 0.698. The van der Waals surface area contributed by atoms with Crippen molar-refractivity contribution in [2.75, 3.05) is 13.7 Å². The number of hydrogen-bond acceptors (Lipinski definition) is 5. The highest BCUT2D eigenvalue weighted by Crippen LogP contribution is 2.46. The summed E-state index contributed by atoms with van der Waals surface area (Å²) in [5, 5.41) is 11.3. The van der Waals surface area contributed by atoms with Crippen molar-refractivity contribution < 1.29 is 9.53 Å². The molecule has 0 aliphatic heterocycles. The second-order valence-corrected chi connectivity index (χ2v) is 9.46. The highest BCUT2D eigenvalue weighted by molar-refractivity contribution is 5.78. The van der Waals surface area contributed by atoms with Gasteiger partial charge >= 0.3 is 0 Å².